The maximum absolute atomic E-state index is 13.7. The summed E-state index contributed by atoms with van der Waals surface area (Å²) in [6, 6.07) is 7.92. The number of carbonyl (C=O) groups excluding carboxylic acids is 1. The molecular weight excluding hydrogens is 347 g/mol. The summed E-state index contributed by atoms with van der Waals surface area (Å²) in [7, 11) is 0. The molecule has 1 heterocycles. The molecule has 6 heteroatoms. The van der Waals surface area contributed by atoms with Crippen LogP contribution in [0, 0.1) is 12.7 Å². The summed E-state index contributed by atoms with van der Waals surface area (Å²) in [4.78, 5) is 12.5. The van der Waals surface area contributed by atoms with E-state index in [0.29, 0.717) is 29.3 Å². The van der Waals surface area contributed by atoms with Gasteiger partial charge in [0.1, 0.15) is 29.5 Å². The molecule has 144 valence electrons. The number of hydrogen-bond donors (Lipinski definition) is 2. The van der Waals surface area contributed by atoms with E-state index < -0.39 is 6.04 Å². The second-order valence-corrected chi connectivity index (χ2v) is 6.84. The third-order valence-corrected chi connectivity index (χ3v) is 4.50. The van der Waals surface area contributed by atoms with Gasteiger partial charge in [-0.25, -0.2) is 4.39 Å². The average Bonchev–Trinajstić information content (AvgIpc) is 2.97. The van der Waals surface area contributed by atoms with E-state index in [4.69, 9.17) is 9.47 Å². The summed E-state index contributed by atoms with van der Waals surface area (Å²) in [5.74, 6) is 0.879. The molecule has 0 radical (unpaired) electrons. The van der Waals surface area contributed by atoms with E-state index in [2.05, 4.69) is 10.6 Å². The van der Waals surface area contributed by atoms with E-state index in [-0.39, 0.29) is 17.8 Å². The fraction of sp³-hybridized carbons (Fsp3) is 0.381. The number of carbonyl (C=O) groups is 1. The lowest BCUT2D eigenvalue weighted by molar-refractivity contribution is -0.116. The molecule has 0 aliphatic carbocycles. The van der Waals surface area contributed by atoms with E-state index in [1.54, 1.807) is 26.0 Å². The van der Waals surface area contributed by atoms with E-state index in [1.807, 2.05) is 26.0 Å². The number of hydrogen-bond acceptors (Lipinski definition) is 4. The van der Waals surface area contributed by atoms with E-state index in [0.717, 1.165) is 17.7 Å². The van der Waals surface area contributed by atoms with Crippen molar-refractivity contribution in [1.82, 2.24) is 0 Å². The van der Waals surface area contributed by atoms with Gasteiger partial charge in [0.2, 0.25) is 5.91 Å². The maximum Gasteiger partial charge on any atom is 0.246 e. The molecule has 0 saturated carbocycles. The van der Waals surface area contributed by atoms with Crippen LogP contribution in [0.15, 0.2) is 30.3 Å². The number of rotatable bonds is 6. The predicted molar refractivity (Wildman–Crippen MR) is 104 cm³/mol. The molecule has 0 spiro atoms. The van der Waals surface area contributed by atoms with Gasteiger partial charge in [-0.2, -0.15) is 0 Å². The van der Waals surface area contributed by atoms with Crippen LogP contribution >= 0.6 is 0 Å². The number of ether oxygens (including phenoxy) is 2. The van der Waals surface area contributed by atoms with Gasteiger partial charge in [-0.1, -0.05) is 6.07 Å². The lowest BCUT2D eigenvalue weighted by Gasteiger charge is -2.19. The summed E-state index contributed by atoms with van der Waals surface area (Å²) in [5.41, 5.74) is 2.76. The Hall–Kier alpha value is -2.76. The molecule has 0 unspecified atom stereocenters. The second kappa shape index (κ2) is 7.86. The SMILES string of the molecule is CCOc1cc2c(cc1N[C@@H](C)C(=O)Nc1ccc(C)c(F)c1)O[C@H](C)C2. The first-order chi connectivity index (χ1) is 12.9. The van der Waals surface area contributed by atoms with Gasteiger partial charge in [-0.3, -0.25) is 4.79 Å². The first kappa shape index (κ1) is 19.0. The van der Waals surface area contributed by atoms with Crippen LogP contribution in [-0.2, 0) is 11.2 Å². The zero-order chi connectivity index (χ0) is 19.6. The minimum atomic E-state index is -0.551. The van der Waals surface area contributed by atoms with Crippen LogP contribution in [0.25, 0.3) is 0 Å². The Morgan fingerprint density at radius 2 is 2.15 bits per heavy atom. The van der Waals surface area contributed by atoms with Crippen molar-refractivity contribution in [3.8, 4) is 11.5 Å². The van der Waals surface area contributed by atoms with Gasteiger partial charge in [0.15, 0.2) is 0 Å². The van der Waals surface area contributed by atoms with Gasteiger partial charge >= 0.3 is 0 Å². The first-order valence-corrected chi connectivity index (χ1v) is 9.17. The van der Waals surface area contributed by atoms with Crippen LogP contribution in [0.4, 0.5) is 15.8 Å². The predicted octanol–water partition coefficient (Wildman–Crippen LogP) is 4.30. The van der Waals surface area contributed by atoms with Crippen LogP contribution in [0.5, 0.6) is 11.5 Å². The van der Waals surface area contributed by atoms with Gasteiger partial charge in [-0.15, -0.1) is 0 Å². The van der Waals surface area contributed by atoms with Crippen molar-refractivity contribution in [2.75, 3.05) is 17.2 Å². The number of aryl methyl sites for hydroxylation is 1. The largest absolute Gasteiger partial charge is 0.492 e. The van der Waals surface area contributed by atoms with Crippen molar-refractivity contribution in [1.29, 1.82) is 0 Å². The van der Waals surface area contributed by atoms with Gasteiger partial charge in [-0.05, 0) is 51.5 Å². The Balaban J connectivity index is 1.74. The van der Waals surface area contributed by atoms with Crippen molar-refractivity contribution in [3.05, 3.63) is 47.3 Å². The highest BCUT2D eigenvalue weighted by atomic mass is 19.1. The molecule has 2 aromatic rings. The lowest BCUT2D eigenvalue weighted by Crippen LogP contribution is -2.32. The normalized spacial score (nSPS) is 16.3. The average molecular weight is 372 g/mol. The number of fused-ring (bicyclic) bond motifs is 1. The summed E-state index contributed by atoms with van der Waals surface area (Å²) < 4.78 is 25.2. The van der Waals surface area contributed by atoms with Crippen LogP contribution in [-0.4, -0.2) is 24.7 Å². The van der Waals surface area contributed by atoms with Gasteiger partial charge in [0, 0.05) is 23.7 Å². The maximum atomic E-state index is 13.7. The van der Waals surface area contributed by atoms with Crippen LogP contribution in [0.2, 0.25) is 0 Å². The highest BCUT2D eigenvalue weighted by Crippen LogP contribution is 2.38. The van der Waals surface area contributed by atoms with Crippen molar-refractivity contribution in [3.63, 3.8) is 0 Å². The highest BCUT2D eigenvalue weighted by molar-refractivity contribution is 5.96. The standard InChI is InChI=1S/C21H25FN2O3/c1-5-26-20-9-15-8-13(3)27-19(15)11-18(20)23-14(4)21(25)24-16-7-6-12(2)17(22)10-16/h6-7,9-11,13-14,23H,5,8H2,1-4H3,(H,24,25)/t13-,14+/m1/s1. The van der Waals surface area contributed by atoms with Gasteiger partial charge in [0.25, 0.3) is 0 Å². The van der Waals surface area contributed by atoms with E-state index in [9.17, 15) is 9.18 Å². The highest BCUT2D eigenvalue weighted by Gasteiger charge is 2.23. The van der Waals surface area contributed by atoms with Crippen LogP contribution in [0.3, 0.4) is 0 Å². The summed E-state index contributed by atoms with van der Waals surface area (Å²) >= 11 is 0. The fourth-order valence-corrected chi connectivity index (χ4v) is 3.05. The Morgan fingerprint density at radius 1 is 1.37 bits per heavy atom. The van der Waals surface area contributed by atoms with E-state index >= 15 is 0 Å². The molecule has 3 rings (SSSR count). The molecule has 0 saturated heterocycles. The lowest BCUT2D eigenvalue weighted by atomic mass is 10.1. The quantitative estimate of drug-likeness (QED) is 0.794. The minimum absolute atomic E-state index is 0.127. The molecule has 27 heavy (non-hydrogen) atoms. The Morgan fingerprint density at radius 3 is 2.85 bits per heavy atom. The third-order valence-electron chi connectivity index (χ3n) is 4.50. The fourth-order valence-electron chi connectivity index (χ4n) is 3.05. The number of amides is 1. The molecule has 2 atom stereocenters. The number of anilines is 2. The molecule has 2 N–H and O–H groups in total. The molecule has 2 aromatic carbocycles. The molecule has 1 aliphatic heterocycles. The Labute approximate surface area is 158 Å². The Bertz CT molecular complexity index is 854. The first-order valence-electron chi connectivity index (χ1n) is 9.17. The molecule has 0 fully saturated rings. The topological polar surface area (TPSA) is 59.6 Å². The van der Waals surface area contributed by atoms with Crippen molar-refractivity contribution in [2.45, 2.75) is 46.3 Å². The molecule has 1 aliphatic rings. The molecular formula is C21H25FN2O3. The summed E-state index contributed by atoms with van der Waals surface area (Å²) in [5, 5.41) is 5.90. The number of nitrogens with one attached hydrogen (secondary N) is 2. The smallest absolute Gasteiger partial charge is 0.246 e. The third kappa shape index (κ3) is 4.32. The molecule has 0 aromatic heterocycles. The van der Waals surface area contributed by atoms with Crippen molar-refractivity contribution >= 4 is 17.3 Å². The van der Waals surface area contributed by atoms with Crippen molar-refractivity contribution in [2.24, 2.45) is 0 Å². The second-order valence-electron chi connectivity index (χ2n) is 6.84. The van der Waals surface area contributed by atoms with Crippen LogP contribution in [0.1, 0.15) is 31.9 Å². The molecule has 5 nitrogen and oxygen atoms in total. The Kier molecular flexibility index (Phi) is 5.54. The minimum Gasteiger partial charge on any atom is -0.492 e. The summed E-state index contributed by atoms with van der Waals surface area (Å²) in [6.07, 6.45) is 0.965. The van der Waals surface area contributed by atoms with E-state index in [1.165, 1.54) is 6.07 Å². The summed E-state index contributed by atoms with van der Waals surface area (Å²) in [6.45, 7) is 7.87. The van der Waals surface area contributed by atoms with Crippen LogP contribution < -0.4 is 20.1 Å². The zero-order valence-electron chi connectivity index (χ0n) is 16.1. The molecule has 1 amide bonds. The number of benzene rings is 2. The van der Waals surface area contributed by atoms with Crippen molar-refractivity contribution < 1.29 is 18.7 Å². The zero-order valence-corrected chi connectivity index (χ0v) is 16.1. The number of halogens is 1. The molecule has 0 bridgehead atoms. The van der Waals surface area contributed by atoms with Gasteiger partial charge < -0.3 is 20.1 Å². The van der Waals surface area contributed by atoms with Gasteiger partial charge in [0.05, 0.1) is 12.3 Å². The monoisotopic (exact) mass is 372 g/mol.